The molecule has 0 atom stereocenters. The van der Waals surface area contributed by atoms with Crippen LogP contribution in [0.25, 0.3) is 0 Å². The smallest absolute Gasteiger partial charge is 0.321 e. The summed E-state index contributed by atoms with van der Waals surface area (Å²) in [5.74, 6) is 1.73. The monoisotopic (exact) mass is 463 g/mol. The van der Waals surface area contributed by atoms with Gasteiger partial charge in [0.2, 0.25) is 0 Å². The molecule has 0 radical (unpaired) electrons. The molecule has 2 heterocycles. The van der Waals surface area contributed by atoms with Crippen molar-refractivity contribution in [3.63, 3.8) is 0 Å². The van der Waals surface area contributed by atoms with Gasteiger partial charge in [-0.25, -0.2) is 14.8 Å². The number of hydrogen-bond donors (Lipinski definition) is 1. The molecule has 1 saturated heterocycles. The first kappa shape index (κ1) is 23.1. The molecule has 0 saturated carbocycles. The number of anilines is 2. The van der Waals surface area contributed by atoms with Gasteiger partial charge in [0.25, 0.3) is 0 Å². The number of nitrogens with zero attached hydrogens (tertiary/aromatic N) is 4. The molecule has 2 amide bonds. The molecule has 33 heavy (non-hydrogen) atoms. The Hall–Kier alpha value is -3.12. The van der Waals surface area contributed by atoms with Gasteiger partial charge in [-0.2, -0.15) is 0 Å². The average Bonchev–Trinajstić information content (AvgIpc) is 3.05. The highest BCUT2D eigenvalue weighted by atomic mass is 35.5. The molecule has 0 unspecified atom stereocenters. The fraction of sp³-hybridized carbons (Fsp3) is 0.346. The van der Waals surface area contributed by atoms with Gasteiger partial charge in [0.05, 0.1) is 0 Å². The number of amides is 2. The van der Waals surface area contributed by atoms with Crippen molar-refractivity contribution >= 4 is 29.1 Å². The zero-order valence-electron chi connectivity index (χ0n) is 19.4. The highest BCUT2D eigenvalue weighted by molar-refractivity contribution is 6.30. The van der Waals surface area contributed by atoms with Crippen LogP contribution in [0.1, 0.15) is 34.6 Å². The summed E-state index contributed by atoms with van der Waals surface area (Å²) >= 11 is 6.07. The summed E-state index contributed by atoms with van der Waals surface area (Å²) < 4.78 is 0. The van der Waals surface area contributed by atoms with E-state index in [0.717, 1.165) is 65.1 Å². The van der Waals surface area contributed by atoms with Crippen LogP contribution in [0.5, 0.6) is 0 Å². The van der Waals surface area contributed by atoms with Crippen LogP contribution in [-0.4, -0.2) is 47.1 Å². The van der Waals surface area contributed by atoms with Crippen molar-refractivity contribution < 1.29 is 4.79 Å². The van der Waals surface area contributed by atoms with Crippen LogP contribution in [-0.2, 0) is 6.42 Å². The van der Waals surface area contributed by atoms with Crippen molar-refractivity contribution in [1.82, 2.24) is 14.9 Å². The number of aryl methyl sites for hydroxylation is 3. The Balaban J connectivity index is 1.51. The molecule has 1 aromatic heterocycles. The van der Waals surface area contributed by atoms with Crippen molar-refractivity contribution in [2.24, 2.45) is 0 Å². The summed E-state index contributed by atoms with van der Waals surface area (Å²) in [6, 6.07) is 15.7. The Labute approximate surface area is 200 Å². The van der Waals surface area contributed by atoms with Gasteiger partial charge in [0.15, 0.2) is 0 Å². The molecule has 1 fully saturated rings. The Bertz CT molecular complexity index is 1130. The zero-order valence-corrected chi connectivity index (χ0v) is 20.2. The SMILES string of the molecule is Cc1nc(C)c(Cc2ccc(Cl)cc2)c(N2CCCN(C(=O)Nc3ccccc3C)CC2)n1. The number of para-hydroxylation sites is 1. The molecular weight excluding hydrogens is 434 g/mol. The van der Waals surface area contributed by atoms with Crippen LogP contribution < -0.4 is 10.2 Å². The number of rotatable bonds is 4. The lowest BCUT2D eigenvalue weighted by atomic mass is 10.0. The first-order chi connectivity index (χ1) is 15.9. The van der Waals surface area contributed by atoms with E-state index in [0.29, 0.717) is 13.1 Å². The number of carbonyl (C=O) groups is 1. The number of aromatic nitrogens is 2. The van der Waals surface area contributed by atoms with Gasteiger partial charge in [0.1, 0.15) is 11.6 Å². The molecule has 4 rings (SSSR count). The van der Waals surface area contributed by atoms with Gasteiger partial charge >= 0.3 is 6.03 Å². The average molecular weight is 464 g/mol. The van der Waals surface area contributed by atoms with Crippen LogP contribution in [0.4, 0.5) is 16.3 Å². The molecule has 1 N–H and O–H groups in total. The lowest BCUT2D eigenvalue weighted by Crippen LogP contribution is -2.38. The fourth-order valence-electron chi connectivity index (χ4n) is 4.23. The van der Waals surface area contributed by atoms with Gasteiger partial charge in [-0.3, -0.25) is 0 Å². The van der Waals surface area contributed by atoms with Crippen LogP contribution >= 0.6 is 11.6 Å². The number of nitrogens with one attached hydrogen (secondary N) is 1. The van der Waals surface area contributed by atoms with E-state index in [1.807, 2.05) is 74.2 Å². The first-order valence-corrected chi connectivity index (χ1v) is 11.7. The van der Waals surface area contributed by atoms with E-state index in [1.54, 1.807) is 0 Å². The predicted molar refractivity (Wildman–Crippen MR) is 134 cm³/mol. The molecule has 1 aliphatic rings. The highest BCUT2D eigenvalue weighted by Crippen LogP contribution is 2.26. The Morgan fingerprint density at radius 1 is 0.970 bits per heavy atom. The summed E-state index contributed by atoms with van der Waals surface area (Å²) in [7, 11) is 0. The minimum absolute atomic E-state index is 0.0532. The van der Waals surface area contributed by atoms with Crippen LogP contribution in [0.3, 0.4) is 0 Å². The molecule has 0 bridgehead atoms. The minimum atomic E-state index is -0.0532. The summed E-state index contributed by atoms with van der Waals surface area (Å²) in [5.41, 5.74) is 5.20. The Kier molecular flexibility index (Phi) is 7.14. The number of hydrogen-bond acceptors (Lipinski definition) is 4. The molecule has 0 aliphatic carbocycles. The van der Waals surface area contributed by atoms with Gasteiger partial charge in [-0.05, 0) is 56.5 Å². The van der Waals surface area contributed by atoms with Crippen LogP contribution in [0.2, 0.25) is 5.02 Å². The third kappa shape index (κ3) is 5.63. The van der Waals surface area contributed by atoms with Crippen molar-refractivity contribution in [2.45, 2.75) is 33.6 Å². The van der Waals surface area contributed by atoms with Crippen molar-refractivity contribution in [2.75, 3.05) is 36.4 Å². The minimum Gasteiger partial charge on any atom is -0.354 e. The van der Waals surface area contributed by atoms with Gasteiger partial charge in [-0.15, -0.1) is 0 Å². The van der Waals surface area contributed by atoms with E-state index < -0.39 is 0 Å². The third-order valence-electron chi connectivity index (χ3n) is 6.07. The van der Waals surface area contributed by atoms with Crippen molar-refractivity contribution in [3.8, 4) is 0 Å². The largest absolute Gasteiger partial charge is 0.354 e. The van der Waals surface area contributed by atoms with E-state index in [1.165, 1.54) is 5.56 Å². The summed E-state index contributed by atoms with van der Waals surface area (Å²) in [4.78, 5) is 26.6. The van der Waals surface area contributed by atoms with Gasteiger partial charge in [-0.1, -0.05) is 41.9 Å². The standard InChI is InChI=1S/C26H30ClN5O/c1-18-7-4-5-8-24(18)30-26(33)32-14-6-13-31(15-16-32)25-23(19(2)28-20(3)29-25)17-21-9-11-22(27)12-10-21/h4-5,7-12H,6,13-17H2,1-3H3,(H,30,33). The third-order valence-corrected chi connectivity index (χ3v) is 6.32. The lowest BCUT2D eigenvalue weighted by molar-refractivity contribution is 0.215. The molecular formula is C26H30ClN5O. The van der Waals surface area contributed by atoms with E-state index in [9.17, 15) is 4.79 Å². The van der Waals surface area contributed by atoms with Crippen molar-refractivity contribution in [3.05, 3.63) is 81.8 Å². The molecule has 7 heteroatoms. The number of benzene rings is 2. The molecule has 3 aromatic rings. The fourth-order valence-corrected chi connectivity index (χ4v) is 4.36. The second-order valence-corrected chi connectivity index (χ2v) is 8.97. The molecule has 1 aliphatic heterocycles. The summed E-state index contributed by atoms with van der Waals surface area (Å²) in [6.45, 7) is 8.90. The topological polar surface area (TPSA) is 61.4 Å². The van der Waals surface area contributed by atoms with Crippen molar-refractivity contribution in [1.29, 1.82) is 0 Å². The van der Waals surface area contributed by atoms with E-state index in [4.69, 9.17) is 16.6 Å². The Morgan fingerprint density at radius 2 is 1.73 bits per heavy atom. The van der Waals surface area contributed by atoms with Gasteiger partial charge in [0, 0.05) is 54.6 Å². The van der Waals surface area contributed by atoms with E-state index in [-0.39, 0.29) is 6.03 Å². The van der Waals surface area contributed by atoms with E-state index in [2.05, 4.69) is 15.2 Å². The van der Waals surface area contributed by atoms with Gasteiger partial charge < -0.3 is 15.1 Å². The molecule has 172 valence electrons. The predicted octanol–water partition coefficient (Wildman–Crippen LogP) is 5.39. The quantitative estimate of drug-likeness (QED) is 0.563. The highest BCUT2D eigenvalue weighted by Gasteiger charge is 2.23. The summed E-state index contributed by atoms with van der Waals surface area (Å²) in [5, 5.41) is 3.79. The number of urea groups is 1. The molecule has 6 nitrogen and oxygen atoms in total. The van der Waals surface area contributed by atoms with Crippen LogP contribution in [0, 0.1) is 20.8 Å². The maximum atomic E-state index is 12.9. The lowest BCUT2D eigenvalue weighted by Gasteiger charge is -2.26. The zero-order chi connectivity index (χ0) is 23.4. The second-order valence-electron chi connectivity index (χ2n) is 8.53. The molecule has 2 aromatic carbocycles. The maximum absolute atomic E-state index is 12.9. The second kappa shape index (κ2) is 10.2. The first-order valence-electron chi connectivity index (χ1n) is 11.4. The normalized spacial score (nSPS) is 14.2. The summed E-state index contributed by atoms with van der Waals surface area (Å²) in [6.07, 6.45) is 1.62. The Morgan fingerprint density at radius 3 is 2.48 bits per heavy atom. The number of carbonyl (C=O) groups excluding carboxylic acids is 1. The number of halogens is 1. The van der Waals surface area contributed by atoms with Crippen LogP contribution in [0.15, 0.2) is 48.5 Å². The van der Waals surface area contributed by atoms with E-state index >= 15 is 0 Å². The molecule has 0 spiro atoms. The maximum Gasteiger partial charge on any atom is 0.321 e.